The van der Waals surface area contributed by atoms with E-state index in [4.69, 9.17) is 13.9 Å². The van der Waals surface area contributed by atoms with Crippen LogP contribution < -0.4 is 4.74 Å². The molecule has 1 heterocycles. The Bertz CT molecular complexity index is 913. The van der Waals surface area contributed by atoms with Crippen LogP contribution in [0.5, 0.6) is 5.75 Å². The van der Waals surface area contributed by atoms with Gasteiger partial charge in [-0.1, -0.05) is 48.5 Å². The third-order valence-corrected chi connectivity index (χ3v) is 3.74. The van der Waals surface area contributed by atoms with Crippen LogP contribution >= 0.6 is 0 Å². The standard InChI is InChI=1S/C21H18O6/c1-24-21(23)19-12-11-16(27-19)13-26-20(22)14-25-18-10-6-5-9-17(18)15-7-3-2-4-8-15/h2-12H,13-14H2,1H3. The highest BCUT2D eigenvalue weighted by Crippen LogP contribution is 2.29. The van der Waals surface area contributed by atoms with Crippen molar-refractivity contribution >= 4 is 11.9 Å². The number of esters is 2. The number of rotatable bonds is 7. The number of para-hydroxylation sites is 1. The highest BCUT2D eigenvalue weighted by atomic mass is 16.6. The second-order valence-corrected chi connectivity index (χ2v) is 5.57. The molecular formula is C21H18O6. The van der Waals surface area contributed by atoms with Crippen molar-refractivity contribution in [3.8, 4) is 16.9 Å². The summed E-state index contributed by atoms with van der Waals surface area (Å²) >= 11 is 0. The van der Waals surface area contributed by atoms with Crippen molar-refractivity contribution in [3.05, 3.63) is 78.3 Å². The summed E-state index contributed by atoms with van der Waals surface area (Å²) in [5.41, 5.74) is 1.88. The van der Waals surface area contributed by atoms with Crippen LogP contribution in [0.2, 0.25) is 0 Å². The van der Waals surface area contributed by atoms with E-state index in [1.54, 1.807) is 12.1 Å². The molecule has 0 saturated carbocycles. The number of hydrogen-bond acceptors (Lipinski definition) is 6. The molecule has 1 aromatic heterocycles. The van der Waals surface area contributed by atoms with Crippen LogP contribution in [0.3, 0.4) is 0 Å². The summed E-state index contributed by atoms with van der Waals surface area (Å²) in [5.74, 6) is -0.154. The van der Waals surface area contributed by atoms with Crippen LogP contribution in [-0.4, -0.2) is 25.7 Å². The fraction of sp³-hybridized carbons (Fsp3) is 0.143. The molecule has 6 nitrogen and oxygen atoms in total. The second kappa shape index (κ2) is 8.71. The number of furan rings is 1. The average Bonchev–Trinajstić information content (AvgIpc) is 3.20. The first-order valence-electron chi connectivity index (χ1n) is 8.27. The smallest absolute Gasteiger partial charge is 0.373 e. The van der Waals surface area contributed by atoms with E-state index in [1.807, 2.05) is 48.5 Å². The van der Waals surface area contributed by atoms with E-state index in [0.717, 1.165) is 11.1 Å². The minimum absolute atomic E-state index is 0.0524. The maximum atomic E-state index is 12.0. The molecular weight excluding hydrogens is 348 g/mol. The van der Waals surface area contributed by atoms with Gasteiger partial charge in [0.2, 0.25) is 5.76 Å². The van der Waals surface area contributed by atoms with E-state index >= 15 is 0 Å². The van der Waals surface area contributed by atoms with Gasteiger partial charge in [-0.15, -0.1) is 0 Å². The van der Waals surface area contributed by atoms with Crippen molar-refractivity contribution in [1.29, 1.82) is 0 Å². The van der Waals surface area contributed by atoms with Crippen molar-refractivity contribution in [1.82, 2.24) is 0 Å². The van der Waals surface area contributed by atoms with Crippen LogP contribution in [0.15, 0.2) is 71.1 Å². The Hall–Kier alpha value is -3.54. The molecule has 0 amide bonds. The van der Waals surface area contributed by atoms with Crippen molar-refractivity contribution < 1.29 is 28.2 Å². The Balaban J connectivity index is 1.56. The average molecular weight is 366 g/mol. The van der Waals surface area contributed by atoms with Crippen molar-refractivity contribution in [3.63, 3.8) is 0 Å². The molecule has 3 rings (SSSR count). The molecule has 0 aliphatic heterocycles. The summed E-state index contributed by atoms with van der Waals surface area (Å²) in [7, 11) is 1.26. The largest absolute Gasteiger partial charge is 0.481 e. The monoisotopic (exact) mass is 366 g/mol. The third kappa shape index (κ3) is 4.76. The predicted octanol–water partition coefficient (Wildman–Crippen LogP) is 3.86. The van der Waals surface area contributed by atoms with Gasteiger partial charge in [0.1, 0.15) is 18.1 Å². The number of hydrogen-bond donors (Lipinski definition) is 0. The first-order valence-corrected chi connectivity index (χ1v) is 8.27. The minimum atomic E-state index is -0.589. The lowest BCUT2D eigenvalue weighted by atomic mass is 10.1. The number of carbonyl (C=O) groups is 2. The summed E-state index contributed by atoms with van der Waals surface area (Å²) < 4.78 is 20.5. The lowest BCUT2D eigenvalue weighted by Gasteiger charge is -2.11. The van der Waals surface area contributed by atoms with Gasteiger partial charge < -0.3 is 18.6 Å². The lowest BCUT2D eigenvalue weighted by Crippen LogP contribution is -2.15. The molecule has 0 aliphatic carbocycles. The van der Waals surface area contributed by atoms with Gasteiger partial charge in [-0.25, -0.2) is 9.59 Å². The summed E-state index contributed by atoms with van der Waals surface area (Å²) in [6.07, 6.45) is 0. The van der Waals surface area contributed by atoms with Gasteiger partial charge in [0, 0.05) is 5.56 Å². The summed E-state index contributed by atoms with van der Waals surface area (Å²) in [4.78, 5) is 23.3. The highest BCUT2D eigenvalue weighted by molar-refractivity contribution is 5.86. The third-order valence-electron chi connectivity index (χ3n) is 3.74. The molecule has 138 valence electrons. The first kappa shape index (κ1) is 18.3. The fourth-order valence-electron chi connectivity index (χ4n) is 2.44. The summed E-state index contributed by atoms with van der Waals surface area (Å²) in [5, 5.41) is 0. The maximum Gasteiger partial charge on any atom is 0.373 e. The molecule has 0 fully saturated rings. The van der Waals surface area contributed by atoms with E-state index in [2.05, 4.69) is 4.74 Å². The molecule has 27 heavy (non-hydrogen) atoms. The van der Waals surface area contributed by atoms with Crippen molar-refractivity contribution in [2.75, 3.05) is 13.7 Å². The van der Waals surface area contributed by atoms with Crippen molar-refractivity contribution in [2.45, 2.75) is 6.61 Å². The number of ether oxygens (including phenoxy) is 3. The van der Waals surface area contributed by atoms with Gasteiger partial charge in [0.25, 0.3) is 0 Å². The van der Waals surface area contributed by atoms with Crippen LogP contribution in [0.4, 0.5) is 0 Å². The minimum Gasteiger partial charge on any atom is -0.481 e. The SMILES string of the molecule is COC(=O)c1ccc(COC(=O)COc2ccccc2-c2ccccc2)o1. The van der Waals surface area contributed by atoms with E-state index in [1.165, 1.54) is 13.2 Å². The van der Waals surface area contributed by atoms with Gasteiger partial charge in [-0.2, -0.15) is 0 Å². The van der Waals surface area contributed by atoms with Gasteiger partial charge in [0.15, 0.2) is 6.61 Å². The molecule has 0 unspecified atom stereocenters. The van der Waals surface area contributed by atoms with Gasteiger partial charge >= 0.3 is 11.9 Å². The van der Waals surface area contributed by atoms with Gasteiger partial charge in [0.05, 0.1) is 7.11 Å². The normalized spacial score (nSPS) is 10.3. The molecule has 2 aromatic carbocycles. The molecule has 6 heteroatoms. The number of benzene rings is 2. The Morgan fingerprint density at radius 3 is 2.44 bits per heavy atom. The molecule has 0 bridgehead atoms. The molecule has 0 radical (unpaired) electrons. The maximum absolute atomic E-state index is 12.0. The zero-order valence-electron chi connectivity index (χ0n) is 14.7. The Morgan fingerprint density at radius 1 is 0.926 bits per heavy atom. The Labute approximate surface area is 156 Å². The first-order chi connectivity index (χ1) is 13.2. The molecule has 3 aromatic rings. The second-order valence-electron chi connectivity index (χ2n) is 5.57. The van der Waals surface area contributed by atoms with E-state index in [0.29, 0.717) is 11.5 Å². The molecule has 0 spiro atoms. The molecule has 0 N–H and O–H groups in total. The van der Waals surface area contributed by atoms with Gasteiger partial charge in [-0.3, -0.25) is 0 Å². The van der Waals surface area contributed by atoms with E-state index in [9.17, 15) is 9.59 Å². The zero-order chi connectivity index (χ0) is 19.1. The van der Waals surface area contributed by atoms with Crippen LogP contribution in [0.1, 0.15) is 16.3 Å². The van der Waals surface area contributed by atoms with Crippen LogP contribution in [0.25, 0.3) is 11.1 Å². The zero-order valence-corrected chi connectivity index (χ0v) is 14.7. The summed E-state index contributed by atoms with van der Waals surface area (Å²) in [6, 6.07) is 20.2. The van der Waals surface area contributed by atoms with Crippen LogP contribution in [0, 0.1) is 0 Å². The summed E-state index contributed by atoms with van der Waals surface area (Å²) in [6.45, 7) is -0.339. The lowest BCUT2D eigenvalue weighted by molar-refractivity contribution is -0.147. The topological polar surface area (TPSA) is 75.0 Å². The fourth-order valence-corrected chi connectivity index (χ4v) is 2.44. The van der Waals surface area contributed by atoms with Gasteiger partial charge in [-0.05, 0) is 23.8 Å². The van der Waals surface area contributed by atoms with E-state index in [-0.39, 0.29) is 19.0 Å². The van der Waals surface area contributed by atoms with Crippen molar-refractivity contribution in [2.24, 2.45) is 0 Å². The Morgan fingerprint density at radius 2 is 1.67 bits per heavy atom. The molecule has 0 atom stereocenters. The number of carbonyl (C=O) groups excluding carboxylic acids is 2. The molecule has 0 saturated heterocycles. The Kier molecular flexibility index (Phi) is 5.89. The quantitative estimate of drug-likeness (QED) is 0.591. The van der Waals surface area contributed by atoms with E-state index < -0.39 is 11.9 Å². The van der Waals surface area contributed by atoms with Crippen LogP contribution in [-0.2, 0) is 20.9 Å². The molecule has 0 aliphatic rings. The highest BCUT2D eigenvalue weighted by Gasteiger charge is 2.13. The number of methoxy groups -OCH3 is 1. The predicted molar refractivity (Wildman–Crippen MR) is 97.2 cm³/mol.